The topological polar surface area (TPSA) is 39.6 Å². The van der Waals surface area contributed by atoms with Crippen molar-refractivity contribution in [2.24, 2.45) is 0 Å². The Morgan fingerprint density at radius 2 is 2.24 bits per heavy atom. The summed E-state index contributed by atoms with van der Waals surface area (Å²) in [5.41, 5.74) is 1.09. The van der Waals surface area contributed by atoms with E-state index < -0.39 is 0 Å². The summed E-state index contributed by atoms with van der Waals surface area (Å²) in [6.45, 7) is 0. The number of aromatic nitrogens is 2. The van der Waals surface area contributed by atoms with Gasteiger partial charge in [-0.25, -0.2) is 4.98 Å². The molecule has 1 saturated carbocycles. The van der Waals surface area contributed by atoms with Crippen molar-refractivity contribution in [2.45, 2.75) is 37.1 Å². The Morgan fingerprint density at radius 3 is 3.00 bits per heavy atom. The van der Waals surface area contributed by atoms with Crippen LogP contribution in [0.4, 0.5) is 0 Å². The van der Waals surface area contributed by atoms with Crippen molar-refractivity contribution in [1.29, 1.82) is 0 Å². The third-order valence-electron chi connectivity index (χ3n) is 4.34. The molecule has 4 nitrogen and oxygen atoms in total. The van der Waals surface area contributed by atoms with E-state index in [0.29, 0.717) is 5.17 Å². The molecule has 2 aliphatic rings. The Morgan fingerprint density at radius 1 is 1.38 bits per heavy atom. The van der Waals surface area contributed by atoms with Gasteiger partial charge in [0, 0.05) is 12.4 Å². The number of benzene rings is 1. The van der Waals surface area contributed by atoms with Gasteiger partial charge < -0.3 is 9.47 Å². The predicted molar refractivity (Wildman–Crippen MR) is 81.9 cm³/mol. The number of hydrogen-bond donors (Lipinski definition) is 0. The fraction of sp³-hybridized carbons (Fsp3) is 0.375. The van der Waals surface area contributed by atoms with Gasteiger partial charge in [-0.15, -0.1) is 0 Å². The number of imidazole rings is 1. The van der Waals surface area contributed by atoms with E-state index in [1.165, 1.54) is 5.56 Å². The van der Waals surface area contributed by atoms with E-state index in [0.717, 1.165) is 19.3 Å². The zero-order valence-electron chi connectivity index (χ0n) is 11.5. The van der Waals surface area contributed by atoms with Gasteiger partial charge in [0.1, 0.15) is 24.1 Å². The number of nitrogens with zero attached hydrogens (tertiary/aromatic N) is 2. The van der Waals surface area contributed by atoms with Crippen molar-refractivity contribution >= 4 is 17.4 Å². The van der Waals surface area contributed by atoms with Crippen LogP contribution in [-0.4, -0.2) is 26.9 Å². The number of rotatable bonds is 2. The number of fused-ring (bicyclic) bond motifs is 1. The second-order valence-corrected chi connectivity index (χ2v) is 5.93. The molecule has 2 aromatic rings. The molecular weight excluding hydrogens is 284 g/mol. The standard InChI is InChI=1S/C16H16N2O2S/c21-15(18-10-9-17-11-18)19-13-7-4-8-16(14(13)20-16)12-5-2-1-3-6-12/h1-3,5-6,9-11,13-14H,4,7-8H2/t13-,14-,16-/m1/s1. The summed E-state index contributed by atoms with van der Waals surface area (Å²) >= 11 is 5.32. The first-order valence-electron chi connectivity index (χ1n) is 7.22. The van der Waals surface area contributed by atoms with Gasteiger partial charge in [-0.05, 0) is 37.0 Å². The molecule has 0 radical (unpaired) electrons. The van der Waals surface area contributed by atoms with Gasteiger partial charge in [-0.1, -0.05) is 30.3 Å². The highest BCUT2D eigenvalue weighted by Gasteiger charge is 2.63. The lowest BCUT2D eigenvalue weighted by atomic mass is 9.82. The minimum Gasteiger partial charge on any atom is -0.464 e. The maximum Gasteiger partial charge on any atom is 0.269 e. The normalized spacial score (nSPS) is 30.5. The van der Waals surface area contributed by atoms with E-state index in [9.17, 15) is 0 Å². The molecule has 0 N–H and O–H groups in total. The Labute approximate surface area is 128 Å². The maximum atomic E-state index is 6.07. The number of hydrogen-bond acceptors (Lipinski definition) is 4. The van der Waals surface area contributed by atoms with Gasteiger partial charge in [0.15, 0.2) is 0 Å². The highest BCUT2D eigenvalue weighted by atomic mass is 32.1. The third kappa shape index (κ3) is 2.17. The molecule has 108 valence electrons. The smallest absolute Gasteiger partial charge is 0.269 e. The molecule has 1 aromatic carbocycles. The van der Waals surface area contributed by atoms with E-state index in [-0.39, 0.29) is 17.8 Å². The Hall–Kier alpha value is -1.72. The van der Waals surface area contributed by atoms with Crippen LogP contribution in [0.1, 0.15) is 24.8 Å². The largest absolute Gasteiger partial charge is 0.464 e. The first-order valence-corrected chi connectivity index (χ1v) is 7.63. The van der Waals surface area contributed by atoms with Crippen molar-refractivity contribution in [3.05, 3.63) is 54.6 Å². The van der Waals surface area contributed by atoms with Gasteiger partial charge in [0.05, 0.1) is 0 Å². The van der Waals surface area contributed by atoms with Gasteiger partial charge in [-0.3, -0.25) is 4.57 Å². The molecule has 0 unspecified atom stereocenters. The maximum absolute atomic E-state index is 6.07. The third-order valence-corrected chi connectivity index (χ3v) is 4.65. The zero-order valence-corrected chi connectivity index (χ0v) is 12.3. The molecule has 1 aliphatic heterocycles. The number of ether oxygens (including phenoxy) is 2. The monoisotopic (exact) mass is 300 g/mol. The number of epoxide rings is 1. The molecule has 21 heavy (non-hydrogen) atoms. The second kappa shape index (κ2) is 4.93. The fourth-order valence-electron chi connectivity index (χ4n) is 3.26. The lowest BCUT2D eigenvalue weighted by Gasteiger charge is -2.25. The lowest BCUT2D eigenvalue weighted by molar-refractivity contribution is 0.133. The summed E-state index contributed by atoms with van der Waals surface area (Å²) in [7, 11) is 0. The SMILES string of the molecule is S=C(O[C@@H]1CCC[C@]2(c3ccccc3)O[C@H]12)n1ccnc1. The van der Waals surface area contributed by atoms with E-state index in [4.69, 9.17) is 21.7 Å². The van der Waals surface area contributed by atoms with Crippen molar-refractivity contribution in [1.82, 2.24) is 9.55 Å². The van der Waals surface area contributed by atoms with Crippen molar-refractivity contribution < 1.29 is 9.47 Å². The van der Waals surface area contributed by atoms with Crippen LogP contribution < -0.4 is 0 Å². The number of thiocarbonyl (C=S) groups is 1. The lowest BCUT2D eigenvalue weighted by Crippen LogP contribution is -2.33. The van der Waals surface area contributed by atoms with Crippen LogP contribution >= 0.6 is 12.2 Å². The zero-order chi connectivity index (χ0) is 14.3. The molecule has 1 aromatic heterocycles. The Bertz CT molecular complexity index is 644. The van der Waals surface area contributed by atoms with Gasteiger partial charge in [0.2, 0.25) is 0 Å². The molecule has 4 rings (SSSR count). The van der Waals surface area contributed by atoms with E-state index in [1.54, 1.807) is 23.3 Å². The summed E-state index contributed by atoms with van der Waals surface area (Å²) in [6.07, 6.45) is 8.39. The highest BCUT2D eigenvalue weighted by molar-refractivity contribution is 7.80. The fourth-order valence-corrected chi connectivity index (χ4v) is 3.49. The predicted octanol–water partition coefficient (Wildman–Crippen LogP) is 2.88. The van der Waals surface area contributed by atoms with E-state index in [2.05, 4.69) is 29.2 Å². The molecule has 5 heteroatoms. The van der Waals surface area contributed by atoms with Crippen LogP contribution in [0.3, 0.4) is 0 Å². The molecule has 0 spiro atoms. The summed E-state index contributed by atoms with van der Waals surface area (Å²) in [5, 5.41) is 0.442. The van der Waals surface area contributed by atoms with Crippen LogP contribution in [0.25, 0.3) is 0 Å². The molecule has 2 heterocycles. The first kappa shape index (κ1) is 13.0. The van der Waals surface area contributed by atoms with Gasteiger partial charge >= 0.3 is 0 Å². The van der Waals surface area contributed by atoms with Gasteiger partial charge in [0.25, 0.3) is 5.17 Å². The van der Waals surface area contributed by atoms with E-state index >= 15 is 0 Å². The molecule has 2 fully saturated rings. The Kier molecular flexibility index (Phi) is 3.05. The van der Waals surface area contributed by atoms with Crippen LogP contribution in [0, 0.1) is 0 Å². The minimum atomic E-state index is -0.158. The average molecular weight is 300 g/mol. The summed E-state index contributed by atoms with van der Waals surface area (Å²) in [5.74, 6) is 0. The summed E-state index contributed by atoms with van der Waals surface area (Å²) < 4.78 is 13.8. The minimum absolute atomic E-state index is 0.0221. The molecule has 0 amide bonds. The summed E-state index contributed by atoms with van der Waals surface area (Å²) in [4.78, 5) is 3.99. The van der Waals surface area contributed by atoms with Crippen molar-refractivity contribution in [3.63, 3.8) is 0 Å². The van der Waals surface area contributed by atoms with Crippen LogP contribution in [-0.2, 0) is 15.1 Å². The van der Waals surface area contributed by atoms with Crippen LogP contribution in [0.15, 0.2) is 49.1 Å². The highest BCUT2D eigenvalue weighted by Crippen LogP contribution is 2.55. The molecule has 1 saturated heterocycles. The van der Waals surface area contributed by atoms with Crippen molar-refractivity contribution in [3.8, 4) is 0 Å². The Balaban J connectivity index is 1.51. The molecule has 1 aliphatic carbocycles. The van der Waals surface area contributed by atoms with E-state index in [1.807, 2.05) is 6.07 Å². The quantitative estimate of drug-likeness (QED) is 0.631. The van der Waals surface area contributed by atoms with Gasteiger partial charge in [-0.2, -0.15) is 0 Å². The summed E-state index contributed by atoms with van der Waals surface area (Å²) in [6, 6.07) is 10.4. The second-order valence-electron chi connectivity index (χ2n) is 5.58. The first-order chi connectivity index (χ1) is 10.3. The molecule has 0 bridgehead atoms. The van der Waals surface area contributed by atoms with Crippen LogP contribution in [0.5, 0.6) is 0 Å². The average Bonchev–Trinajstić information content (AvgIpc) is 3.04. The van der Waals surface area contributed by atoms with Crippen LogP contribution in [0.2, 0.25) is 0 Å². The molecular formula is C16H16N2O2S. The van der Waals surface area contributed by atoms with Crippen molar-refractivity contribution in [2.75, 3.05) is 0 Å². The molecule has 3 atom stereocenters.